The molecule has 0 amide bonds. The van der Waals surface area contributed by atoms with Crippen LogP contribution in [0.5, 0.6) is 0 Å². The molecule has 1 unspecified atom stereocenters. The summed E-state index contributed by atoms with van der Waals surface area (Å²) in [5.74, 6) is 0.274. The number of nitrogens with one attached hydrogen (secondary N) is 1. The van der Waals surface area contributed by atoms with Gasteiger partial charge in [-0.2, -0.15) is 5.10 Å². The third-order valence-electron chi connectivity index (χ3n) is 1.55. The Hall–Kier alpha value is -1.32. The fraction of sp³-hybridized carbons (Fsp3) is 0.429. The standard InChI is InChI=1S/C7H12N4/c1-6(7(8)9)5-11-4-2-3-10-11/h2-4,6H,5H2,1H3,(H3,8,9). The van der Waals surface area contributed by atoms with Gasteiger partial charge in [0.2, 0.25) is 0 Å². The molecule has 60 valence electrons. The predicted molar refractivity (Wildman–Crippen MR) is 43.3 cm³/mol. The average Bonchev–Trinajstić information content (AvgIpc) is 2.39. The van der Waals surface area contributed by atoms with Crippen LogP contribution in [0.3, 0.4) is 0 Å². The van der Waals surface area contributed by atoms with Gasteiger partial charge in [0.25, 0.3) is 0 Å². The molecule has 0 fully saturated rings. The maximum Gasteiger partial charge on any atom is 0.0952 e. The molecule has 0 bridgehead atoms. The first-order valence-electron chi connectivity index (χ1n) is 3.51. The summed E-state index contributed by atoms with van der Waals surface area (Å²) in [6.45, 7) is 2.59. The van der Waals surface area contributed by atoms with E-state index in [1.807, 2.05) is 19.2 Å². The summed E-state index contributed by atoms with van der Waals surface area (Å²) < 4.78 is 1.77. The van der Waals surface area contributed by atoms with Crippen LogP contribution < -0.4 is 5.73 Å². The van der Waals surface area contributed by atoms with Gasteiger partial charge in [0, 0.05) is 18.3 Å². The van der Waals surface area contributed by atoms with E-state index in [4.69, 9.17) is 11.1 Å². The smallest absolute Gasteiger partial charge is 0.0952 e. The predicted octanol–water partition coefficient (Wildman–Crippen LogP) is 0.455. The topological polar surface area (TPSA) is 67.7 Å². The normalized spacial score (nSPS) is 12.8. The van der Waals surface area contributed by atoms with Crippen molar-refractivity contribution in [3.8, 4) is 0 Å². The monoisotopic (exact) mass is 152 g/mol. The van der Waals surface area contributed by atoms with Gasteiger partial charge in [0.1, 0.15) is 0 Å². The third kappa shape index (κ3) is 2.07. The highest BCUT2D eigenvalue weighted by molar-refractivity contribution is 5.79. The molecule has 0 radical (unpaired) electrons. The maximum absolute atomic E-state index is 7.14. The van der Waals surface area contributed by atoms with Crippen molar-refractivity contribution in [2.75, 3.05) is 0 Å². The van der Waals surface area contributed by atoms with Crippen LogP contribution in [0.4, 0.5) is 0 Å². The quantitative estimate of drug-likeness (QED) is 0.488. The molecule has 4 heteroatoms. The largest absolute Gasteiger partial charge is 0.387 e. The lowest BCUT2D eigenvalue weighted by molar-refractivity contribution is 0.537. The molecule has 0 spiro atoms. The highest BCUT2D eigenvalue weighted by Crippen LogP contribution is 1.97. The lowest BCUT2D eigenvalue weighted by Crippen LogP contribution is -2.24. The number of hydrogen-bond acceptors (Lipinski definition) is 2. The van der Waals surface area contributed by atoms with Crippen molar-refractivity contribution in [1.82, 2.24) is 9.78 Å². The van der Waals surface area contributed by atoms with Gasteiger partial charge in [-0.15, -0.1) is 0 Å². The minimum Gasteiger partial charge on any atom is -0.387 e. The van der Waals surface area contributed by atoms with Gasteiger partial charge in [0.05, 0.1) is 12.4 Å². The van der Waals surface area contributed by atoms with Crippen molar-refractivity contribution in [3.63, 3.8) is 0 Å². The van der Waals surface area contributed by atoms with Crippen molar-refractivity contribution in [3.05, 3.63) is 18.5 Å². The molecule has 3 N–H and O–H groups in total. The SMILES string of the molecule is CC(Cn1cccn1)C(=N)N. The number of rotatable bonds is 3. The van der Waals surface area contributed by atoms with Crippen molar-refractivity contribution < 1.29 is 0 Å². The summed E-state index contributed by atoms with van der Waals surface area (Å²) in [7, 11) is 0. The first kappa shape index (κ1) is 7.78. The minimum atomic E-state index is 0.0647. The molecule has 0 aliphatic heterocycles. The van der Waals surface area contributed by atoms with Gasteiger partial charge < -0.3 is 5.73 Å². The molecule has 1 rings (SSSR count). The highest BCUT2D eigenvalue weighted by atomic mass is 15.3. The van der Waals surface area contributed by atoms with Crippen LogP contribution in [-0.2, 0) is 6.54 Å². The van der Waals surface area contributed by atoms with Crippen LogP contribution in [0.15, 0.2) is 18.5 Å². The summed E-state index contributed by atoms with van der Waals surface area (Å²) in [4.78, 5) is 0. The van der Waals surface area contributed by atoms with Crippen LogP contribution >= 0.6 is 0 Å². The van der Waals surface area contributed by atoms with Crippen molar-refractivity contribution in [2.45, 2.75) is 13.5 Å². The van der Waals surface area contributed by atoms with E-state index in [1.54, 1.807) is 10.9 Å². The van der Waals surface area contributed by atoms with Crippen molar-refractivity contribution in [1.29, 1.82) is 5.41 Å². The zero-order chi connectivity index (χ0) is 8.27. The fourth-order valence-electron chi connectivity index (χ4n) is 0.787. The number of nitrogens with two attached hydrogens (primary N) is 1. The van der Waals surface area contributed by atoms with Crippen LogP contribution in [0.25, 0.3) is 0 Å². The van der Waals surface area contributed by atoms with Gasteiger partial charge in [-0.3, -0.25) is 10.1 Å². The second-order valence-corrected chi connectivity index (χ2v) is 2.58. The number of hydrogen-bond donors (Lipinski definition) is 2. The molecular formula is C7H12N4. The van der Waals surface area contributed by atoms with Crippen molar-refractivity contribution >= 4 is 5.84 Å². The van der Waals surface area contributed by atoms with E-state index in [1.165, 1.54) is 0 Å². The lowest BCUT2D eigenvalue weighted by Gasteiger charge is -2.08. The van der Waals surface area contributed by atoms with Crippen LogP contribution in [-0.4, -0.2) is 15.6 Å². The van der Waals surface area contributed by atoms with Gasteiger partial charge in [-0.25, -0.2) is 0 Å². The Balaban J connectivity index is 2.50. The summed E-state index contributed by atoms with van der Waals surface area (Å²) >= 11 is 0. The van der Waals surface area contributed by atoms with E-state index in [9.17, 15) is 0 Å². The van der Waals surface area contributed by atoms with Crippen molar-refractivity contribution in [2.24, 2.45) is 11.7 Å². The number of amidine groups is 1. The molecule has 0 saturated heterocycles. The van der Waals surface area contributed by atoms with Crippen LogP contribution in [0.1, 0.15) is 6.92 Å². The third-order valence-corrected chi connectivity index (χ3v) is 1.55. The van der Waals surface area contributed by atoms with Gasteiger partial charge in [-0.1, -0.05) is 6.92 Å². The summed E-state index contributed by atoms with van der Waals surface area (Å²) in [6.07, 6.45) is 3.58. The van der Waals surface area contributed by atoms with Gasteiger partial charge >= 0.3 is 0 Å². The molecule has 0 aliphatic rings. The summed E-state index contributed by atoms with van der Waals surface area (Å²) in [6, 6.07) is 1.85. The zero-order valence-corrected chi connectivity index (χ0v) is 6.49. The summed E-state index contributed by atoms with van der Waals surface area (Å²) in [5.41, 5.74) is 5.29. The molecular weight excluding hydrogens is 140 g/mol. The van der Waals surface area contributed by atoms with Gasteiger partial charge in [0.15, 0.2) is 0 Å². The molecule has 1 aromatic rings. The Labute approximate surface area is 65.5 Å². The van der Waals surface area contributed by atoms with E-state index in [2.05, 4.69) is 5.10 Å². The molecule has 0 aliphatic carbocycles. The number of aromatic nitrogens is 2. The fourth-order valence-corrected chi connectivity index (χ4v) is 0.787. The van der Waals surface area contributed by atoms with E-state index < -0.39 is 0 Å². The molecule has 1 heterocycles. The molecule has 11 heavy (non-hydrogen) atoms. The molecule has 1 aromatic heterocycles. The Morgan fingerprint density at radius 2 is 2.55 bits per heavy atom. The van der Waals surface area contributed by atoms with Crippen LogP contribution in [0.2, 0.25) is 0 Å². The zero-order valence-electron chi connectivity index (χ0n) is 6.49. The molecule has 1 atom stereocenters. The first-order valence-corrected chi connectivity index (χ1v) is 3.51. The molecule has 0 saturated carbocycles. The lowest BCUT2D eigenvalue weighted by atomic mass is 10.2. The molecule has 4 nitrogen and oxygen atoms in total. The average molecular weight is 152 g/mol. The van der Waals surface area contributed by atoms with E-state index in [0.29, 0.717) is 6.54 Å². The van der Waals surface area contributed by atoms with E-state index >= 15 is 0 Å². The van der Waals surface area contributed by atoms with Crippen LogP contribution in [0, 0.1) is 11.3 Å². The van der Waals surface area contributed by atoms with Gasteiger partial charge in [-0.05, 0) is 6.07 Å². The maximum atomic E-state index is 7.14. The Morgan fingerprint density at radius 1 is 1.82 bits per heavy atom. The van der Waals surface area contributed by atoms with E-state index in [-0.39, 0.29) is 11.8 Å². The Bertz CT molecular complexity index is 227. The second-order valence-electron chi connectivity index (χ2n) is 2.58. The Morgan fingerprint density at radius 3 is 3.00 bits per heavy atom. The highest BCUT2D eigenvalue weighted by Gasteiger charge is 2.04. The minimum absolute atomic E-state index is 0.0647. The van der Waals surface area contributed by atoms with E-state index in [0.717, 1.165) is 0 Å². The first-order chi connectivity index (χ1) is 5.20. The summed E-state index contributed by atoms with van der Waals surface area (Å²) in [5, 5.41) is 11.1. The second kappa shape index (κ2) is 3.18. The Kier molecular flexibility index (Phi) is 2.25. The number of nitrogens with zero attached hydrogens (tertiary/aromatic N) is 2. The molecule has 0 aromatic carbocycles.